The number of hydrogen-bond acceptors (Lipinski definition) is 3. The molecule has 0 atom stereocenters. The van der Waals surface area contributed by atoms with E-state index < -0.39 is 0 Å². The van der Waals surface area contributed by atoms with E-state index in [9.17, 15) is 0 Å². The molecule has 4 aliphatic rings. The van der Waals surface area contributed by atoms with Crippen LogP contribution < -0.4 is 26.4 Å². The van der Waals surface area contributed by atoms with Crippen molar-refractivity contribution in [2.45, 2.75) is 155 Å². The Morgan fingerprint density at radius 2 is 0.933 bits per heavy atom. The monoisotopic (exact) mass is 793 g/mol. The van der Waals surface area contributed by atoms with Gasteiger partial charge in [-0.2, -0.15) is 0 Å². The topological polar surface area (TPSA) is 19.6 Å². The Balaban J connectivity index is 1.32. The predicted molar refractivity (Wildman–Crippen MR) is 258 cm³/mol. The van der Waals surface area contributed by atoms with E-state index in [2.05, 4.69) is 198 Å². The van der Waals surface area contributed by atoms with Crippen molar-refractivity contribution in [2.75, 3.05) is 9.80 Å². The van der Waals surface area contributed by atoms with Gasteiger partial charge in [-0.05, 0) is 157 Å². The molecule has 0 amide bonds. The minimum Gasteiger partial charge on any atom is -0.468 e. The number of nitrogens with zero attached hydrogens (tertiary/aromatic N) is 2. The first-order chi connectivity index (χ1) is 28.0. The van der Waals surface area contributed by atoms with Crippen molar-refractivity contribution < 1.29 is 4.42 Å². The standard InChI is InChI=1S/C56H65BN2O/c1-51(2,3)34-18-22-36(23-19-34)58-44-16-15-17-45-48(44)57(43-31-40-41(32-46(43)58)55(11,12)28-27-54(40,9)10)50-49(59(45)37-24-20-35(21-25-37)52(4,5)6)38-30-39-42(33-47(38)60-50)56(13,14)29-26-53(39,7)8/h15-25,30-33H,26-29H2,1-14H3. The fraction of sp³-hybridized carbons (Fsp3) is 0.429. The minimum absolute atomic E-state index is 0.0522. The lowest BCUT2D eigenvalue weighted by Crippen LogP contribution is -2.61. The summed E-state index contributed by atoms with van der Waals surface area (Å²) < 4.78 is 7.52. The van der Waals surface area contributed by atoms with Crippen LogP contribution in [0.5, 0.6) is 0 Å². The number of rotatable bonds is 2. The molecule has 5 aromatic carbocycles. The average Bonchev–Trinajstić information content (AvgIpc) is 3.55. The summed E-state index contributed by atoms with van der Waals surface area (Å²) >= 11 is 0. The van der Waals surface area contributed by atoms with Gasteiger partial charge in [0.2, 0.25) is 0 Å². The van der Waals surface area contributed by atoms with E-state index in [-0.39, 0.29) is 39.2 Å². The molecule has 0 saturated carbocycles. The molecule has 0 saturated heterocycles. The molecular weight excluding hydrogens is 727 g/mol. The van der Waals surface area contributed by atoms with Gasteiger partial charge in [-0.15, -0.1) is 0 Å². The van der Waals surface area contributed by atoms with E-state index in [1.807, 2.05) is 0 Å². The number of hydrogen-bond donors (Lipinski definition) is 0. The fourth-order valence-electron chi connectivity index (χ4n) is 11.3. The van der Waals surface area contributed by atoms with Gasteiger partial charge in [-0.3, -0.25) is 0 Å². The predicted octanol–water partition coefficient (Wildman–Crippen LogP) is 13.8. The molecule has 0 spiro atoms. The van der Waals surface area contributed by atoms with Gasteiger partial charge in [0, 0.05) is 33.8 Å². The van der Waals surface area contributed by atoms with Crippen LogP contribution in [0.25, 0.3) is 11.0 Å². The maximum Gasteiger partial charge on any atom is 0.297 e. The molecule has 0 fully saturated rings. The third-order valence-corrected chi connectivity index (χ3v) is 15.5. The quantitative estimate of drug-likeness (QED) is 0.163. The number of anilines is 6. The first-order valence-electron chi connectivity index (χ1n) is 22.7. The molecule has 60 heavy (non-hydrogen) atoms. The molecular formula is C56H65BN2O. The summed E-state index contributed by atoms with van der Waals surface area (Å²) in [6, 6.07) is 35.9. The Hall–Kier alpha value is -4.70. The summed E-state index contributed by atoms with van der Waals surface area (Å²) in [4.78, 5) is 5.13. The van der Waals surface area contributed by atoms with Crippen LogP contribution in [0.15, 0.2) is 95.4 Å². The zero-order chi connectivity index (χ0) is 42.7. The molecule has 1 aromatic heterocycles. The lowest BCUT2D eigenvalue weighted by molar-refractivity contribution is 0.332. The molecule has 2 aliphatic carbocycles. The van der Waals surface area contributed by atoms with Crippen LogP contribution >= 0.6 is 0 Å². The van der Waals surface area contributed by atoms with Crippen LogP contribution in [0.2, 0.25) is 0 Å². The lowest BCUT2D eigenvalue weighted by atomic mass is 9.35. The molecule has 6 aromatic rings. The fourth-order valence-corrected chi connectivity index (χ4v) is 11.3. The molecule has 308 valence electrons. The maximum absolute atomic E-state index is 7.52. The lowest BCUT2D eigenvalue weighted by Gasteiger charge is -2.46. The summed E-state index contributed by atoms with van der Waals surface area (Å²) in [5, 5.41) is 1.21. The van der Waals surface area contributed by atoms with Gasteiger partial charge in [0.05, 0.1) is 11.3 Å². The third-order valence-electron chi connectivity index (χ3n) is 15.5. The molecule has 0 radical (unpaired) electrons. The third kappa shape index (κ3) is 5.75. The van der Waals surface area contributed by atoms with Gasteiger partial charge in [0.25, 0.3) is 6.71 Å². The zero-order valence-electron chi connectivity index (χ0n) is 38.9. The van der Waals surface area contributed by atoms with Crippen molar-refractivity contribution in [1.29, 1.82) is 0 Å². The van der Waals surface area contributed by atoms with Gasteiger partial charge < -0.3 is 14.2 Å². The van der Waals surface area contributed by atoms with E-state index in [1.165, 1.54) is 104 Å². The Morgan fingerprint density at radius 1 is 0.500 bits per heavy atom. The van der Waals surface area contributed by atoms with Gasteiger partial charge in [-0.25, -0.2) is 0 Å². The molecule has 3 heterocycles. The van der Waals surface area contributed by atoms with Crippen LogP contribution in [0.3, 0.4) is 0 Å². The second-order valence-electron chi connectivity index (χ2n) is 23.6. The van der Waals surface area contributed by atoms with Crippen molar-refractivity contribution in [2.24, 2.45) is 0 Å². The highest BCUT2D eigenvalue weighted by atomic mass is 16.3. The van der Waals surface area contributed by atoms with E-state index in [0.717, 1.165) is 16.9 Å². The Bertz CT molecular complexity index is 2730. The molecule has 3 nitrogen and oxygen atoms in total. The van der Waals surface area contributed by atoms with E-state index in [4.69, 9.17) is 4.42 Å². The number of fused-ring (bicyclic) bond motifs is 8. The van der Waals surface area contributed by atoms with E-state index in [0.29, 0.717) is 0 Å². The van der Waals surface area contributed by atoms with Crippen LogP contribution in [-0.4, -0.2) is 6.71 Å². The highest BCUT2D eigenvalue weighted by Crippen LogP contribution is 2.53. The zero-order valence-corrected chi connectivity index (χ0v) is 38.9. The number of furan rings is 1. The molecule has 4 heteroatoms. The van der Waals surface area contributed by atoms with Crippen molar-refractivity contribution >= 4 is 68.4 Å². The van der Waals surface area contributed by atoms with Crippen LogP contribution in [0.1, 0.15) is 156 Å². The van der Waals surface area contributed by atoms with E-state index in [1.54, 1.807) is 0 Å². The Kier molecular flexibility index (Phi) is 8.19. The molecule has 10 rings (SSSR count). The largest absolute Gasteiger partial charge is 0.468 e. The molecule has 2 aliphatic heterocycles. The van der Waals surface area contributed by atoms with Gasteiger partial charge in [0.15, 0.2) is 0 Å². The number of benzene rings is 5. The normalized spacial score (nSPS) is 19.3. The molecule has 0 unspecified atom stereocenters. The summed E-state index contributed by atoms with van der Waals surface area (Å²) in [6.07, 6.45) is 4.67. The first-order valence-corrected chi connectivity index (χ1v) is 22.7. The van der Waals surface area contributed by atoms with Crippen LogP contribution in [-0.2, 0) is 32.5 Å². The van der Waals surface area contributed by atoms with Crippen LogP contribution in [0.4, 0.5) is 34.1 Å². The first kappa shape index (κ1) is 39.4. The van der Waals surface area contributed by atoms with E-state index >= 15 is 0 Å². The minimum atomic E-state index is -0.0759. The second-order valence-corrected chi connectivity index (χ2v) is 23.6. The summed E-state index contributed by atoms with van der Waals surface area (Å²) in [7, 11) is 0. The summed E-state index contributed by atoms with van der Waals surface area (Å²) in [5.74, 6) is 0. The smallest absolute Gasteiger partial charge is 0.297 e. The highest BCUT2D eigenvalue weighted by molar-refractivity contribution is 7.00. The second kappa shape index (κ2) is 12.5. The molecule has 0 bridgehead atoms. The average molecular weight is 793 g/mol. The van der Waals surface area contributed by atoms with Crippen molar-refractivity contribution in [1.82, 2.24) is 0 Å². The van der Waals surface area contributed by atoms with Gasteiger partial charge >= 0.3 is 0 Å². The van der Waals surface area contributed by atoms with Crippen molar-refractivity contribution in [3.63, 3.8) is 0 Å². The molecule has 0 N–H and O–H groups in total. The van der Waals surface area contributed by atoms with Crippen molar-refractivity contribution in [3.8, 4) is 0 Å². The summed E-state index contributed by atoms with van der Waals surface area (Å²) in [5.41, 5.74) is 20.9. The Labute approximate surface area is 360 Å². The summed E-state index contributed by atoms with van der Waals surface area (Å²) in [6.45, 7) is 33.3. The van der Waals surface area contributed by atoms with Crippen molar-refractivity contribution in [3.05, 3.63) is 124 Å². The SMILES string of the molecule is CC(C)(C)c1ccc(N2c3cc4c(cc3B3c5oc6cc7c(cc6c5N(c5ccc(C(C)(C)C)cc5)c5cccc2c53)C(C)(C)CCC7(C)C)C(C)(C)CCC4(C)C)cc1. The maximum atomic E-state index is 7.52. The Morgan fingerprint density at radius 3 is 1.43 bits per heavy atom. The van der Waals surface area contributed by atoms with Gasteiger partial charge in [-0.1, -0.05) is 133 Å². The van der Waals surface area contributed by atoms with Gasteiger partial charge in [0.1, 0.15) is 5.58 Å². The highest BCUT2D eigenvalue weighted by Gasteiger charge is 2.49. The van der Waals surface area contributed by atoms with Crippen LogP contribution in [0, 0.1) is 0 Å².